The average molecular weight is 323 g/mol. The second kappa shape index (κ2) is 9.56. The minimum Gasteiger partial charge on any atom is -0.481 e. The first-order chi connectivity index (χ1) is 9.61. The third-order valence-corrected chi connectivity index (χ3v) is 3.35. The van der Waals surface area contributed by atoms with Gasteiger partial charge in [0.25, 0.3) is 0 Å². The zero-order valence-electron chi connectivity index (χ0n) is 12.7. The maximum absolute atomic E-state index is 11.5. The Hall–Kier alpha value is -1.35. The predicted molar refractivity (Wildman–Crippen MR) is 79.4 cm³/mol. The van der Waals surface area contributed by atoms with Gasteiger partial charge < -0.3 is 15.7 Å². The van der Waals surface area contributed by atoms with Crippen molar-refractivity contribution in [1.29, 1.82) is 0 Å². The Morgan fingerprint density at radius 1 is 1.14 bits per heavy atom. The van der Waals surface area contributed by atoms with E-state index >= 15 is 0 Å². The molecule has 0 rings (SSSR count). The lowest BCUT2D eigenvalue weighted by Crippen LogP contribution is -2.41. The second-order valence-electron chi connectivity index (χ2n) is 5.32. The van der Waals surface area contributed by atoms with Crippen molar-refractivity contribution in [3.05, 3.63) is 0 Å². The molecule has 0 heterocycles. The van der Waals surface area contributed by atoms with E-state index in [4.69, 9.17) is 5.11 Å². The van der Waals surface area contributed by atoms with Crippen LogP contribution in [0, 0.1) is 11.8 Å². The minimum atomic E-state index is -3.21. The van der Waals surface area contributed by atoms with Crippen LogP contribution in [0.3, 0.4) is 0 Å². The molecule has 0 bridgehead atoms. The zero-order valence-corrected chi connectivity index (χ0v) is 13.5. The van der Waals surface area contributed by atoms with Crippen LogP contribution in [-0.4, -0.2) is 51.4 Å². The normalized spacial score (nSPS) is 13.0. The zero-order chi connectivity index (χ0) is 16.5. The molecule has 0 aromatic carbocycles. The molecule has 1 unspecified atom stereocenters. The highest BCUT2D eigenvalue weighted by molar-refractivity contribution is 7.88. The van der Waals surface area contributed by atoms with Crippen molar-refractivity contribution in [3.63, 3.8) is 0 Å². The molecule has 0 aliphatic rings. The standard InChI is InChI=1S/C12H25N3O5S/c1-9(2)7-10(11(16)17)8-14-12(18)13-5-4-6-15-21(3,19)20/h9-10,15H,4-8H2,1-3H3,(H,16,17)(H2,13,14,18). The highest BCUT2D eigenvalue weighted by Crippen LogP contribution is 2.10. The Bertz CT molecular complexity index is 436. The molecule has 9 heteroatoms. The summed E-state index contributed by atoms with van der Waals surface area (Å²) in [4.78, 5) is 22.5. The average Bonchev–Trinajstić information content (AvgIpc) is 2.31. The van der Waals surface area contributed by atoms with Crippen molar-refractivity contribution < 1.29 is 23.1 Å². The van der Waals surface area contributed by atoms with Crippen molar-refractivity contribution in [1.82, 2.24) is 15.4 Å². The summed E-state index contributed by atoms with van der Waals surface area (Å²) in [5.74, 6) is -1.30. The molecule has 124 valence electrons. The van der Waals surface area contributed by atoms with E-state index in [1.165, 1.54) is 0 Å². The molecule has 1 atom stereocenters. The van der Waals surface area contributed by atoms with Gasteiger partial charge in [-0.2, -0.15) is 0 Å². The van der Waals surface area contributed by atoms with Crippen LogP contribution in [0.1, 0.15) is 26.7 Å². The smallest absolute Gasteiger partial charge is 0.314 e. The summed E-state index contributed by atoms with van der Waals surface area (Å²) >= 11 is 0. The maximum atomic E-state index is 11.5. The summed E-state index contributed by atoms with van der Waals surface area (Å²) in [5.41, 5.74) is 0. The van der Waals surface area contributed by atoms with Crippen LogP contribution < -0.4 is 15.4 Å². The van der Waals surface area contributed by atoms with Crippen molar-refractivity contribution >= 4 is 22.0 Å². The molecule has 2 amide bonds. The van der Waals surface area contributed by atoms with Crippen LogP contribution in [0.25, 0.3) is 0 Å². The molecule has 0 aromatic rings. The lowest BCUT2D eigenvalue weighted by molar-refractivity contribution is -0.142. The van der Waals surface area contributed by atoms with Crippen LogP contribution in [-0.2, 0) is 14.8 Å². The number of carbonyl (C=O) groups is 2. The molecule has 0 spiro atoms. The van der Waals surface area contributed by atoms with Crippen LogP contribution in [0.5, 0.6) is 0 Å². The first-order valence-corrected chi connectivity index (χ1v) is 8.70. The van der Waals surface area contributed by atoms with Gasteiger partial charge in [0.2, 0.25) is 10.0 Å². The number of carboxylic acids is 1. The van der Waals surface area contributed by atoms with Crippen molar-refractivity contribution in [2.45, 2.75) is 26.7 Å². The Morgan fingerprint density at radius 2 is 1.76 bits per heavy atom. The maximum Gasteiger partial charge on any atom is 0.314 e. The molecule has 4 N–H and O–H groups in total. The second-order valence-corrected chi connectivity index (χ2v) is 7.15. The Labute approximate surface area is 125 Å². The van der Waals surface area contributed by atoms with Crippen LogP contribution >= 0.6 is 0 Å². The summed E-state index contributed by atoms with van der Waals surface area (Å²) in [6.07, 6.45) is 2.01. The summed E-state index contributed by atoms with van der Waals surface area (Å²) < 4.78 is 23.9. The molecule has 8 nitrogen and oxygen atoms in total. The van der Waals surface area contributed by atoms with Gasteiger partial charge in [-0.15, -0.1) is 0 Å². The van der Waals surface area contributed by atoms with Crippen LogP contribution in [0.2, 0.25) is 0 Å². The minimum absolute atomic E-state index is 0.0704. The van der Waals surface area contributed by atoms with Gasteiger partial charge in [-0.25, -0.2) is 17.9 Å². The fraction of sp³-hybridized carbons (Fsp3) is 0.833. The quantitative estimate of drug-likeness (QED) is 0.420. The van der Waals surface area contributed by atoms with Crippen LogP contribution in [0.4, 0.5) is 4.79 Å². The van der Waals surface area contributed by atoms with Gasteiger partial charge in [-0.1, -0.05) is 13.8 Å². The van der Waals surface area contributed by atoms with Crippen LogP contribution in [0.15, 0.2) is 0 Å². The third kappa shape index (κ3) is 12.1. The number of urea groups is 1. The molecule has 0 saturated carbocycles. The molecular weight excluding hydrogens is 298 g/mol. The van der Waals surface area contributed by atoms with Gasteiger partial charge in [-0.3, -0.25) is 4.79 Å². The lowest BCUT2D eigenvalue weighted by Gasteiger charge is -2.15. The highest BCUT2D eigenvalue weighted by atomic mass is 32.2. The molecule has 0 saturated heterocycles. The fourth-order valence-corrected chi connectivity index (χ4v) is 2.18. The third-order valence-electron chi connectivity index (χ3n) is 2.62. The van der Waals surface area contributed by atoms with E-state index in [-0.39, 0.29) is 19.0 Å². The van der Waals surface area contributed by atoms with Gasteiger partial charge in [0, 0.05) is 19.6 Å². The summed E-state index contributed by atoms with van der Waals surface area (Å²) in [6, 6.07) is -0.454. The van der Waals surface area contributed by atoms with Gasteiger partial charge >= 0.3 is 12.0 Å². The predicted octanol–water partition coefficient (Wildman–Crippen LogP) is -0.0282. The van der Waals surface area contributed by atoms with Gasteiger partial charge in [-0.05, 0) is 18.8 Å². The number of hydrogen-bond donors (Lipinski definition) is 4. The van der Waals surface area contributed by atoms with Crippen molar-refractivity contribution in [2.24, 2.45) is 11.8 Å². The Kier molecular flexibility index (Phi) is 8.95. The van der Waals surface area contributed by atoms with E-state index in [0.29, 0.717) is 19.4 Å². The Balaban J connectivity index is 3.85. The molecule has 0 aliphatic heterocycles. The summed E-state index contributed by atoms with van der Waals surface area (Å²) in [6.45, 7) is 4.46. The van der Waals surface area contributed by atoms with Gasteiger partial charge in [0.1, 0.15) is 0 Å². The molecule has 0 fully saturated rings. The van der Waals surface area contributed by atoms with E-state index < -0.39 is 27.9 Å². The van der Waals surface area contributed by atoms with E-state index in [1.54, 1.807) is 0 Å². The monoisotopic (exact) mass is 323 g/mol. The molecular formula is C12H25N3O5S. The number of amides is 2. The topological polar surface area (TPSA) is 125 Å². The number of nitrogens with one attached hydrogen (secondary N) is 3. The number of hydrogen-bond acceptors (Lipinski definition) is 4. The fourth-order valence-electron chi connectivity index (χ4n) is 1.67. The summed E-state index contributed by atoms with van der Waals surface area (Å²) in [5, 5.41) is 14.1. The Morgan fingerprint density at radius 3 is 2.24 bits per heavy atom. The molecule has 0 radical (unpaired) electrons. The van der Waals surface area contributed by atoms with E-state index in [2.05, 4.69) is 15.4 Å². The number of rotatable bonds is 10. The number of carboxylic acid groups (broad SMARTS) is 1. The van der Waals surface area contributed by atoms with E-state index in [1.807, 2.05) is 13.8 Å². The SMILES string of the molecule is CC(C)CC(CNC(=O)NCCCNS(C)(=O)=O)C(=O)O. The number of carbonyl (C=O) groups excluding carboxylic acids is 1. The molecule has 0 aliphatic carbocycles. The highest BCUT2D eigenvalue weighted by Gasteiger charge is 2.19. The van der Waals surface area contributed by atoms with Gasteiger partial charge in [0.15, 0.2) is 0 Å². The van der Waals surface area contributed by atoms with Crippen molar-refractivity contribution in [3.8, 4) is 0 Å². The lowest BCUT2D eigenvalue weighted by atomic mass is 9.97. The van der Waals surface area contributed by atoms with E-state index in [0.717, 1.165) is 6.26 Å². The summed E-state index contributed by atoms with van der Waals surface area (Å²) in [7, 11) is -3.21. The van der Waals surface area contributed by atoms with Gasteiger partial charge in [0.05, 0.1) is 12.2 Å². The van der Waals surface area contributed by atoms with Crippen molar-refractivity contribution in [2.75, 3.05) is 25.9 Å². The number of sulfonamides is 1. The first-order valence-electron chi connectivity index (χ1n) is 6.81. The number of aliphatic carboxylic acids is 1. The molecule has 0 aromatic heterocycles. The van der Waals surface area contributed by atoms with E-state index in [9.17, 15) is 18.0 Å². The molecule has 21 heavy (non-hydrogen) atoms. The first kappa shape index (κ1) is 19.7. The largest absolute Gasteiger partial charge is 0.481 e.